The molecule has 2 N–H and O–H groups in total. The lowest BCUT2D eigenvalue weighted by atomic mass is 9.86. The topological polar surface area (TPSA) is 143 Å². The van der Waals surface area contributed by atoms with Gasteiger partial charge in [-0.1, -0.05) is 12.1 Å². The van der Waals surface area contributed by atoms with E-state index >= 15 is 0 Å². The van der Waals surface area contributed by atoms with E-state index in [1.165, 1.54) is 30.0 Å². The van der Waals surface area contributed by atoms with Crippen molar-refractivity contribution in [3.8, 4) is 0 Å². The third-order valence-electron chi connectivity index (χ3n) is 6.91. The zero-order valence-corrected chi connectivity index (χ0v) is 21.1. The predicted molar refractivity (Wildman–Crippen MR) is 127 cm³/mol. The van der Waals surface area contributed by atoms with Crippen molar-refractivity contribution in [3.05, 3.63) is 35.6 Å². The van der Waals surface area contributed by atoms with Crippen LogP contribution in [0.2, 0.25) is 0 Å². The first-order chi connectivity index (χ1) is 17.5. The van der Waals surface area contributed by atoms with Gasteiger partial charge in [-0.3, -0.25) is 19.3 Å². The first-order valence-electron chi connectivity index (χ1n) is 12.1. The van der Waals surface area contributed by atoms with E-state index < -0.39 is 59.4 Å². The van der Waals surface area contributed by atoms with Gasteiger partial charge in [0.25, 0.3) is 0 Å². The van der Waals surface area contributed by atoms with E-state index in [1.54, 1.807) is 6.07 Å². The SMILES string of the molecule is COC(=O)[C@@H](NC(=O)C1(Cc2cccc(F)c2)CCCN1C(=O)C1CCCN1C(=O)O)[C@@H](C)OC(C)=O. The summed E-state index contributed by atoms with van der Waals surface area (Å²) >= 11 is 0. The molecule has 2 saturated heterocycles. The summed E-state index contributed by atoms with van der Waals surface area (Å²) < 4.78 is 23.9. The Bertz CT molecular complexity index is 1070. The summed E-state index contributed by atoms with van der Waals surface area (Å²) in [6.45, 7) is 2.95. The Morgan fingerprint density at radius 3 is 2.57 bits per heavy atom. The second kappa shape index (κ2) is 11.6. The third kappa shape index (κ3) is 6.00. The summed E-state index contributed by atoms with van der Waals surface area (Å²) in [7, 11) is 1.12. The number of hydrogen-bond donors (Lipinski definition) is 2. The fourth-order valence-corrected chi connectivity index (χ4v) is 5.22. The van der Waals surface area contributed by atoms with E-state index in [9.17, 15) is 33.5 Å². The Morgan fingerprint density at radius 2 is 1.95 bits per heavy atom. The van der Waals surface area contributed by atoms with Crippen LogP contribution in [0.3, 0.4) is 0 Å². The number of carbonyl (C=O) groups is 5. The second-order valence-electron chi connectivity index (χ2n) is 9.35. The normalized spacial score (nSPS) is 22.8. The van der Waals surface area contributed by atoms with E-state index in [4.69, 9.17) is 9.47 Å². The molecule has 3 rings (SSSR count). The van der Waals surface area contributed by atoms with Crippen molar-refractivity contribution >= 4 is 29.8 Å². The molecule has 0 saturated carbocycles. The molecule has 11 nitrogen and oxygen atoms in total. The molecule has 2 unspecified atom stereocenters. The maximum atomic E-state index is 14.0. The van der Waals surface area contributed by atoms with Crippen molar-refractivity contribution in [2.45, 2.75) is 69.7 Å². The second-order valence-corrected chi connectivity index (χ2v) is 9.35. The van der Waals surface area contributed by atoms with Crippen LogP contribution >= 0.6 is 0 Å². The van der Waals surface area contributed by atoms with Gasteiger partial charge in [0.15, 0.2) is 6.04 Å². The van der Waals surface area contributed by atoms with Crippen molar-refractivity contribution < 1.29 is 42.9 Å². The quantitative estimate of drug-likeness (QED) is 0.490. The van der Waals surface area contributed by atoms with Crippen molar-refractivity contribution in [2.24, 2.45) is 0 Å². The van der Waals surface area contributed by atoms with Crippen LogP contribution in [0.1, 0.15) is 45.1 Å². The lowest BCUT2D eigenvalue weighted by Crippen LogP contribution is -2.64. The molecular formula is C25H32FN3O8. The van der Waals surface area contributed by atoms with E-state index in [0.717, 1.165) is 18.9 Å². The number of ether oxygens (including phenoxy) is 2. The van der Waals surface area contributed by atoms with Crippen LogP contribution in [0.5, 0.6) is 0 Å². The zero-order valence-electron chi connectivity index (χ0n) is 21.1. The van der Waals surface area contributed by atoms with Crippen LogP contribution in [-0.4, -0.2) is 88.7 Å². The number of carboxylic acid groups (broad SMARTS) is 1. The van der Waals surface area contributed by atoms with Gasteiger partial charge in [-0.2, -0.15) is 0 Å². The molecule has 0 aromatic heterocycles. The molecule has 3 amide bonds. The third-order valence-corrected chi connectivity index (χ3v) is 6.91. The Morgan fingerprint density at radius 1 is 1.22 bits per heavy atom. The summed E-state index contributed by atoms with van der Waals surface area (Å²) in [6.07, 6.45) is -0.942. The highest BCUT2D eigenvalue weighted by atomic mass is 19.1. The number of methoxy groups -OCH3 is 1. The van der Waals surface area contributed by atoms with Crippen LogP contribution < -0.4 is 5.32 Å². The van der Waals surface area contributed by atoms with Gasteiger partial charge in [0.05, 0.1) is 7.11 Å². The summed E-state index contributed by atoms with van der Waals surface area (Å²) in [5.74, 6) is -3.28. The van der Waals surface area contributed by atoms with Gasteiger partial charge >= 0.3 is 18.0 Å². The number of esters is 2. The van der Waals surface area contributed by atoms with Gasteiger partial charge in [0.1, 0.15) is 23.5 Å². The average molecular weight is 522 g/mol. The zero-order chi connectivity index (χ0) is 27.3. The number of hydrogen-bond acceptors (Lipinski definition) is 7. The van der Waals surface area contributed by atoms with Gasteiger partial charge in [-0.15, -0.1) is 0 Å². The van der Waals surface area contributed by atoms with Crippen LogP contribution in [0, 0.1) is 5.82 Å². The Hall–Kier alpha value is -3.70. The molecule has 0 aliphatic carbocycles. The maximum Gasteiger partial charge on any atom is 0.407 e. The Balaban J connectivity index is 2.00. The smallest absolute Gasteiger partial charge is 0.407 e. The molecule has 37 heavy (non-hydrogen) atoms. The maximum absolute atomic E-state index is 14.0. The number of nitrogens with one attached hydrogen (secondary N) is 1. The largest absolute Gasteiger partial charge is 0.467 e. The molecule has 0 radical (unpaired) electrons. The highest BCUT2D eigenvalue weighted by molar-refractivity contribution is 5.97. The van der Waals surface area contributed by atoms with Gasteiger partial charge in [-0.25, -0.2) is 14.0 Å². The minimum absolute atomic E-state index is 0.0715. The number of halogens is 1. The monoisotopic (exact) mass is 521 g/mol. The van der Waals surface area contributed by atoms with Crippen LogP contribution in [0.25, 0.3) is 0 Å². The Labute approximate surface area is 213 Å². The average Bonchev–Trinajstić information content (AvgIpc) is 3.49. The van der Waals surface area contributed by atoms with E-state index in [1.807, 2.05) is 0 Å². The van der Waals surface area contributed by atoms with Crippen molar-refractivity contribution in [1.29, 1.82) is 0 Å². The molecule has 12 heteroatoms. The molecular weight excluding hydrogens is 489 g/mol. The minimum Gasteiger partial charge on any atom is -0.467 e. The molecule has 202 valence electrons. The van der Waals surface area contributed by atoms with E-state index in [2.05, 4.69) is 5.32 Å². The highest BCUT2D eigenvalue weighted by Gasteiger charge is 2.53. The van der Waals surface area contributed by atoms with Crippen LogP contribution in [0.4, 0.5) is 9.18 Å². The summed E-state index contributed by atoms with van der Waals surface area (Å²) in [4.78, 5) is 65.8. The fourth-order valence-electron chi connectivity index (χ4n) is 5.22. The van der Waals surface area contributed by atoms with E-state index in [0.29, 0.717) is 24.8 Å². The van der Waals surface area contributed by atoms with Crippen molar-refractivity contribution in [2.75, 3.05) is 20.2 Å². The number of benzene rings is 1. The van der Waals surface area contributed by atoms with Crippen molar-refractivity contribution in [1.82, 2.24) is 15.1 Å². The summed E-state index contributed by atoms with van der Waals surface area (Å²) in [5, 5.41) is 12.2. The number of amides is 3. The fraction of sp³-hybridized carbons (Fsp3) is 0.560. The van der Waals surface area contributed by atoms with Crippen LogP contribution in [0.15, 0.2) is 24.3 Å². The first-order valence-corrected chi connectivity index (χ1v) is 12.1. The van der Waals surface area contributed by atoms with Gasteiger partial charge in [-0.05, 0) is 50.3 Å². The lowest BCUT2D eigenvalue weighted by molar-refractivity contribution is -0.158. The van der Waals surface area contributed by atoms with Gasteiger partial charge in [0.2, 0.25) is 11.8 Å². The Kier molecular flexibility index (Phi) is 8.72. The van der Waals surface area contributed by atoms with Crippen LogP contribution in [-0.2, 0) is 35.1 Å². The lowest BCUT2D eigenvalue weighted by Gasteiger charge is -2.40. The molecule has 2 aliphatic rings. The van der Waals surface area contributed by atoms with Gasteiger partial charge in [0, 0.05) is 26.4 Å². The molecule has 0 bridgehead atoms. The predicted octanol–water partition coefficient (Wildman–Crippen LogP) is 1.48. The number of likely N-dealkylation sites (tertiary alicyclic amines) is 2. The molecule has 1 aromatic carbocycles. The first kappa shape index (κ1) is 27.9. The molecule has 1 aromatic rings. The number of rotatable bonds is 8. The summed E-state index contributed by atoms with van der Waals surface area (Å²) in [6, 6.07) is 3.30. The molecule has 2 heterocycles. The van der Waals surface area contributed by atoms with E-state index in [-0.39, 0.29) is 25.9 Å². The molecule has 4 atom stereocenters. The minimum atomic E-state index is -1.54. The van der Waals surface area contributed by atoms with Gasteiger partial charge < -0.3 is 24.8 Å². The molecule has 0 spiro atoms. The standard InChI is InChI=1S/C25H32FN3O8/c1-15(37-16(2)30)20(22(32)36-3)27-23(33)25(14-17-7-4-8-18(26)13-17)10-6-12-29(25)21(31)19-9-5-11-28(19)24(34)35/h4,7-8,13,15,19-20H,5-6,9-12,14H2,1-3H3,(H,27,33)(H,34,35)/t15-,19?,20+,25?/m1/s1. The number of nitrogens with zero attached hydrogens (tertiary/aromatic N) is 2. The summed E-state index contributed by atoms with van der Waals surface area (Å²) in [5.41, 5.74) is -1.10. The number of carbonyl (C=O) groups excluding carboxylic acids is 4. The highest BCUT2D eigenvalue weighted by Crippen LogP contribution is 2.36. The molecule has 2 aliphatic heterocycles. The molecule has 2 fully saturated rings. The van der Waals surface area contributed by atoms with Crippen molar-refractivity contribution in [3.63, 3.8) is 0 Å².